The molecule has 112 valence electrons. The molecule has 0 spiro atoms. The van der Waals surface area contributed by atoms with E-state index in [1.54, 1.807) is 6.07 Å². The van der Waals surface area contributed by atoms with Crippen molar-refractivity contribution >= 4 is 10.9 Å². The second-order valence-corrected chi connectivity index (χ2v) is 6.29. The lowest BCUT2D eigenvalue weighted by Gasteiger charge is -2.27. The molecule has 1 aliphatic carbocycles. The highest BCUT2D eigenvalue weighted by Gasteiger charge is 2.17. The molecule has 3 rings (SSSR count). The maximum atomic E-state index is 12.1. The summed E-state index contributed by atoms with van der Waals surface area (Å²) in [5, 5.41) is 4.75. The van der Waals surface area contributed by atoms with Gasteiger partial charge in [0, 0.05) is 25.2 Å². The zero-order chi connectivity index (χ0) is 14.7. The van der Waals surface area contributed by atoms with Crippen molar-refractivity contribution in [1.82, 2.24) is 9.88 Å². The Morgan fingerprint density at radius 2 is 1.86 bits per heavy atom. The number of nitrogens with one attached hydrogen (secondary N) is 1. The fourth-order valence-corrected chi connectivity index (χ4v) is 3.32. The highest BCUT2D eigenvalue weighted by molar-refractivity contribution is 5.78. The second kappa shape index (κ2) is 6.44. The first-order valence-corrected chi connectivity index (χ1v) is 8.06. The average Bonchev–Trinajstić information content (AvgIpc) is 2.51. The molecule has 0 unspecified atom stereocenters. The minimum Gasteiger partial charge on any atom is -0.312 e. The topological polar surface area (TPSA) is 34.0 Å². The van der Waals surface area contributed by atoms with E-state index in [9.17, 15) is 4.79 Å². The molecule has 21 heavy (non-hydrogen) atoms. The summed E-state index contributed by atoms with van der Waals surface area (Å²) in [5.74, 6) is 0.878. The quantitative estimate of drug-likeness (QED) is 0.935. The van der Waals surface area contributed by atoms with Gasteiger partial charge in [-0.2, -0.15) is 0 Å². The smallest absolute Gasteiger partial charge is 0.251 e. The summed E-state index contributed by atoms with van der Waals surface area (Å²) >= 11 is 0. The van der Waals surface area contributed by atoms with Crippen molar-refractivity contribution in [2.24, 2.45) is 5.92 Å². The fraction of sp³-hybridized carbons (Fsp3) is 0.500. The fourth-order valence-electron chi connectivity index (χ4n) is 3.32. The van der Waals surface area contributed by atoms with Crippen LogP contribution >= 0.6 is 0 Å². The molecule has 1 N–H and O–H groups in total. The van der Waals surface area contributed by atoms with Gasteiger partial charge in [0.05, 0.1) is 5.52 Å². The monoisotopic (exact) mass is 284 g/mol. The Kier molecular flexibility index (Phi) is 4.39. The van der Waals surface area contributed by atoms with E-state index >= 15 is 0 Å². The molecule has 2 aromatic rings. The molecule has 3 heteroatoms. The van der Waals surface area contributed by atoms with Crippen LogP contribution < -0.4 is 10.9 Å². The predicted molar refractivity (Wildman–Crippen MR) is 87.6 cm³/mol. The number of fused-ring (bicyclic) bond motifs is 1. The molecule has 1 aliphatic rings. The van der Waals surface area contributed by atoms with Gasteiger partial charge in [-0.1, -0.05) is 25.1 Å². The van der Waals surface area contributed by atoms with E-state index in [4.69, 9.17) is 0 Å². The number of aromatic nitrogens is 1. The molecular formula is C18H24N2O. The van der Waals surface area contributed by atoms with Crippen molar-refractivity contribution < 1.29 is 0 Å². The van der Waals surface area contributed by atoms with Crippen LogP contribution in [-0.2, 0) is 6.54 Å². The molecule has 1 aromatic carbocycles. The number of hydrogen-bond acceptors (Lipinski definition) is 2. The summed E-state index contributed by atoms with van der Waals surface area (Å²) in [7, 11) is 0. The van der Waals surface area contributed by atoms with Gasteiger partial charge in [-0.25, -0.2) is 0 Å². The van der Waals surface area contributed by atoms with Gasteiger partial charge in [0.25, 0.3) is 5.56 Å². The number of nitrogens with zero attached hydrogens (tertiary/aromatic N) is 1. The van der Waals surface area contributed by atoms with Crippen molar-refractivity contribution in [3.05, 3.63) is 46.8 Å². The van der Waals surface area contributed by atoms with E-state index in [1.807, 2.05) is 28.8 Å². The second-order valence-electron chi connectivity index (χ2n) is 6.29. The number of rotatable bonds is 4. The number of benzene rings is 1. The first-order chi connectivity index (χ1) is 10.2. The van der Waals surface area contributed by atoms with Crippen LogP contribution in [0.1, 0.15) is 32.6 Å². The molecule has 3 nitrogen and oxygen atoms in total. The van der Waals surface area contributed by atoms with Crippen LogP contribution in [0.3, 0.4) is 0 Å². The lowest BCUT2D eigenvalue weighted by Crippen LogP contribution is -2.36. The Bertz CT molecular complexity index is 654. The lowest BCUT2D eigenvalue weighted by atomic mass is 9.87. The number of hydrogen-bond donors (Lipinski definition) is 1. The summed E-state index contributed by atoms with van der Waals surface area (Å²) in [6, 6.07) is 12.3. The standard InChI is InChI=1S/C18H24N2O/c1-14-6-9-16(10-7-14)19-12-13-20-17-5-3-2-4-15(17)8-11-18(20)21/h2-5,8,11,14,16,19H,6-7,9-10,12-13H2,1H3. The van der Waals surface area contributed by atoms with Crippen LogP contribution in [0.15, 0.2) is 41.2 Å². The van der Waals surface area contributed by atoms with Crippen LogP contribution in [0.5, 0.6) is 0 Å². The number of pyridine rings is 1. The summed E-state index contributed by atoms with van der Waals surface area (Å²) in [4.78, 5) is 12.1. The highest BCUT2D eigenvalue weighted by atomic mass is 16.1. The maximum absolute atomic E-state index is 12.1. The minimum absolute atomic E-state index is 0.0905. The van der Waals surface area contributed by atoms with Gasteiger partial charge in [-0.15, -0.1) is 0 Å². The molecule has 0 aliphatic heterocycles. The van der Waals surface area contributed by atoms with Crippen molar-refractivity contribution in [2.75, 3.05) is 6.54 Å². The lowest BCUT2D eigenvalue weighted by molar-refractivity contribution is 0.305. The Morgan fingerprint density at radius 3 is 2.67 bits per heavy atom. The molecule has 0 saturated heterocycles. The third-order valence-corrected chi connectivity index (χ3v) is 4.68. The first-order valence-electron chi connectivity index (χ1n) is 8.06. The van der Waals surface area contributed by atoms with E-state index in [1.165, 1.54) is 25.7 Å². The Hall–Kier alpha value is -1.61. The van der Waals surface area contributed by atoms with Crippen LogP contribution in [-0.4, -0.2) is 17.2 Å². The molecule has 1 fully saturated rings. The normalized spacial score (nSPS) is 22.5. The number of para-hydroxylation sites is 1. The van der Waals surface area contributed by atoms with Crippen molar-refractivity contribution in [3.8, 4) is 0 Å². The molecule has 1 heterocycles. The van der Waals surface area contributed by atoms with Crippen molar-refractivity contribution in [3.63, 3.8) is 0 Å². The van der Waals surface area contributed by atoms with E-state index in [0.29, 0.717) is 6.04 Å². The first kappa shape index (κ1) is 14.3. The maximum Gasteiger partial charge on any atom is 0.251 e. The molecule has 0 amide bonds. The van der Waals surface area contributed by atoms with Crippen LogP contribution in [0.4, 0.5) is 0 Å². The van der Waals surface area contributed by atoms with E-state index in [0.717, 1.165) is 29.9 Å². The summed E-state index contributed by atoms with van der Waals surface area (Å²) < 4.78 is 1.88. The zero-order valence-corrected chi connectivity index (χ0v) is 12.7. The SMILES string of the molecule is CC1CCC(NCCn2c(=O)ccc3ccccc32)CC1. The highest BCUT2D eigenvalue weighted by Crippen LogP contribution is 2.23. The summed E-state index contributed by atoms with van der Waals surface area (Å²) in [6.07, 6.45) is 5.19. The summed E-state index contributed by atoms with van der Waals surface area (Å²) in [5.41, 5.74) is 1.12. The Balaban J connectivity index is 1.65. The van der Waals surface area contributed by atoms with Gasteiger partial charge in [0.1, 0.15) is 0 Å². The Labute approximate surface area is 126 Å². The van der Waals surface area contributed by atoms with Crippen molar-refractivity contribution in [1.29, 1.82) is 0 Å². The largest absolute Gasteiger partial charge is 0.312 e. The van der Waals surface area contributed by atoms with Gasteiger partial charge in [0.15, 0.2) is 0 Å². The molecule has 0 atom stereocenters. The van der Waals surface area contributed by atoms with Gasteiger partial charge in [0.2, 0.25) is 0 Å². The van der Waals surface area contributed by atoms with Gasteiger partial charge >= 0.3 is 0 Å². The average molecular weight is 284 g/mol. The molecule has 0 bridgehead atoms. The molecular weight excluding hydrogens is 260 g/mol. The van der Waals surface area contributed by atoms with E-state index < -0.39 is 0 Å². The summed E-state index contributed by atoms with van der Waals surface area (Å²) in [6.45, 7) is 3.95. The predicted octanol–water partition coefficient (Wildman–Crippen LogP) is 3.17. The van der Waals surface area contributed by atoms with Gasteiger partial charge in [-0.3, -0.25) is 4.79 Å². The van der Waals surface area contributed by atoms with Crippen LogP contribution in [0.2, 0.25) is 0 Å². The van der Waals surface area contributed by atoms with E-state index in [-0.39, 0.29) is 5.56 Å². The minimum atomic E-state index is 0.0905. The van der Waals surface area contributed by atoms with E-state index in [2.05, 4.69) is 18.3 Å². The Morgan fingerprint density at radius 1 is 1.10 bits per heavy atom. The third kappa shape index (κ3) is 3.35. The molecule has 1 saturated carbocycles. The molecule has 1 aromatic heterocycles. The van der Waals surface area contributed by atoms with Crippen LogP contribution in [0.25, 0.3) is 10.9 Å². The van der Waals surface area contributed by atoms with Crippen LogP contribution in [0, 0.1) is 5.92 Å². The van der Waals surface area contributed by atoms with Crippen molar-refractivity contribution in [2.45, 2.75) is 45.2 Å². The third-order valence-electron chi connectivity index (χ3n) is 4.68. The zero-order valence-electron chi connectivity index (χ0n) is 12.7. The molecule has 0 radical (unpaired) electrons. The van der Waals surface area contributed by atoms with Gasteiger partial charge < -0.3 is 9.88 Å². The van der Waals surface area contributed by atoms with Gasteiger partial charge in [-0.05, 0) is 49.1 Å².